The second-order valence-electron chi connectivity index (χ2n) is 8.18. The SMILES string of the molecule is O=C(O)CN1C(=O)[C@H](N[C@@H](CCCCC2CCNCC2)C(=O)O)CSc2ccccc21. The number of para-hydroxylation sites is 1. The van der Waals surface area contributed by atoms with E-state index in [1.165, 1.54) is 29.5 Å². The summed E-state index contributed by atoms with van der Waals surface area (Å²) in [6.07, 6.45) is 5.65. The van der Waals surface area contributed by atoms with Gasteiger partial charge in [-0.15, -0.1) is 11.8 Å². The lowest BCUT2D eigenvalue weighted by Crippen LogP contribution is -2.53. The zero-order chi connectivity index (χ0) is 22.2. The largest absolute Gasteiger partial charge is 0.480 e. The average molecular weight is 450 g/mol. The van der Waals surface area contributed by atoms with Crippen molar-refractivity contribution in [3.05, 3.63) is 24.3 Å². The van der Waals surface area contributed by atoms with Crippen molar-refractivity contribution in [2.45, 2.75) is 55.5 Å². The number of hydrogen-bond donors (Lipinski definition) is 4. The minimum atomic E-state index is -1.11. The quantitative estimate of drug-likeness (QED) is 0.402. The molecule has 0 aliphatic carbocycles. The summed E-state index contributed by atoms with van der Waals surface area (Å²) >= 11 is 1.44. The predicted octanol–water partition coefficient (Wildman–Crippen LogP) is 2.18. The number of unbranched alkanes of at least 4 members (excludes halogenated alkanes) is 1. The Morgan fingerprint density at radius 1 is 1.19 bits per heavy atom. The normalized spacial score (nSPS) is 20.7. The minimum Gasteiger partial charge on any atom is -0.480 e. The van der Waals surface area contributed by atoms with Crippen molar-refractivity contribution < 1.29 is 24.6 Å². The molecule has 2 aliphatic heterocycles. The summed E-state index contributed by atoms with van der Waals surface area (Å²) in [5, 5.41) is 25.3. The van der Waals surface area contributed by atoms with E-state index in [1.807, 2.05) is 12.1 Å². The predicted molar refractivity (Wildman–Crippen MR) is 120 cm³/mol. The standard InChI is InChI=1S/C22H31N3O5S/c26-20(27)13-25-18-7-3-4-8-19(18)31-14-17(21(25)28)24-16(22(29)30)6-2-1-5-15-9-11-23-12-10-15/h3-4,7-8,15-17,23-24H,1-2,5-6,9-14H2,(H,26,27)(H,29,30)/t16-,17+/m0/s1. The summed E-state index contributed by atoms with van der Waals surface area (Å²) < 4.78 is 0. The number of amides is 1. The Morgan fingerprint density at radius 2 is 1.94 bits per heavy atom. The molecule has 4 N–H and O–H groups in total. The van der Waals surface area contributed by atoms with Crippen molar-refractivity contribution in [1.82, 2.24) is 10.6 Å². The van der Waals surface area contributed by atoms with Crippen LogP contribution >= 0.6 is 11.8 Å². The molecule has 0 aromatic heterocycles. The second-order valence-corrected chi connectivity index (χ2v) is 9.25. The van der Waals surface area contributed by atoms with Crippen LogP contribution in [0, 0.1) is 5.92 Å². The molecule has 2 atom stereocenters. The van der Waals surface area contributed by atoms with Crippen LogP contribution in [-0.2, 0) is 14.4 Å². The lowest BCUT2D eigenvalue weighted by Gasteiger charge is -2.26. The van der Waals surface area contributed by atoms with Crippen LogP contribution in [0.1, 0.15) is 38.5 Å². The number of nitrogens with one attached hydrogen (secondary N) is 2. The van der Waals surface area contributed by atoms with Crippen molar-refractivity contribution >= 4 is 35.3 Å². The minimum absolute atomic E-state index is 0.352. The number of carboxylic acid groups (broad SMARTS) is 2. The van der Waals surface area contributed by atoms with Crippen LogP contribution in [0.2, 0.25) is 0 Å². The number of carbonyl (C=O) groups excluding carboxylic acids is 1. The van der Waals surface area contributed by atoms with Gasteiger partial charge in [-0.3, -0.25) is 24.6 Å². The Kier molecular flexibility index (Phi) is 8.74. The van der Waals surface area contributed by atoms with Gasteiger partial charge in [0.2, 0.25) is 5.91 Å². The number of anilines is 1. The van der Waals surface area contributed by atoms with Gasteiger partial charge >= 0.3 is 11.9 Å². The Hall–Kier alpha value is -2.10. The monoisotopic (exact) mass is 449 g/mol. The van der Waals surface area contributed by atoms with Crippen LogP contribution in [0.15, 0.2) is 29.2 Å². The highest BCUT2D eigenvalue weighted by Crippen LogP contribution is 2.34. The third kappa shape index (κ3) is 6.69. The van der Waals surface area contributed by atoms with Gasteiger partial charge in [-0.2, -0.15) is 0 Å². The number of thioether (sulfide) groups is 1. The van der Waals surface area contributed by atoms with E-state index in [0.717, 1.165) is 37.2 Å². The Morgan fingerprint density at radius 3 is 2.65 bits per heavy atom. The topological polar surface area (TPSA) is 119 Å². The first kappa shape index (κ1) is 23.6. The Balaban J connectivity index is 1.60. The number of carboxylic acids is 2. The maximum atomic E-state index is 13.1. The molecule has 8 nitrogen and oxygen atoms in total. The zero-order valence-electron chi connectivity index (χ0n) is 17.6. The highest BCUT2D eigenvalue weighted by Gasteiger charge is 2.34. The molecule has 0 radical (unpaired) electrons. The summed E-state index contributed by atoms with van der Waals surface area (Å²) in [5.74, 6) is -1.43. The van der Waals surface area contributed by atoms with Crippen molar-refractivity contribution in [3.8, 4) is 0 Å². The third-order valence-corrected chi connectivity index (χ3v) is 7.09. The molecule has 0 spiro atoms. The third-order valence-electron chi connectivity index (χ3n) is 5.93. The first-order chi connectivity index (χ1) is 15.0. The van der Waals surface area contributed by atoms with Gasteiger partial charge in [0.25, 0.3) is 0 Å². The summed E-state index contributed by atoms with van der Waals surface area (Å²) in [6.45, 7) is 1.66. The van der Waals surface area contributed by atoms with Crippen LogP contribution in [0.4, 0.5) is 5.69 Å². The lowest BCUT2D eigenvalue weighted by atomic mass is 9.92. The number of hydrogen-bond acceptors (Lipinski definition) is 6. The molecule has 1 saturated heterocycles. The van der Waals surface area contributed by atoms with Gasteiger partial charge in [-0.1, -0.05) is 31.4 Å². The maximum Gasteiger partial charge on any atom is 0.323 e. The molecule has 0 unspecified atom stereocenters. The Bertz CT molecular complexity index is 784. The van der Waals surface area contributed by atoms with E-state index >= 15 is 0 Å². The first-order valence-electron chi connectivity index (χ1n) is 10.9. The van der Waals surface area contributed by atoms with E-state index in [1.54, 1.807) is 12.1 Å². The van der Waals surface area contributed by atoms with Gasteiger partial charge in [-0.25, -0.2) is 0 Å². The van der Waals surface area contributed by atoms with E-state index in [0.29, 0.717) is 23.8 Å². The zero-order valence-corrected chi connectivity index (χ0v) is 18.4. The molecule has 1 fully saturated rings. The van der Waals surface area contributed by atoms with Crippen LogP contribution in [0.25, 0.3) is 0 Å². The van der Waals surface area contributed by atoms with Crippen molar-refractivity contribution in [2.24, 2.45) is 5.92 Å². The number of rotatable bonds is 10. The highest BCUT2D eigenvalue weighted by molar-refractivity contribution is 7.99. The van der Waals surface area contributed by atoms with E-state index in [9.17, 15) is 24.6 Å². The number of nitrogens with zero attached hydrogens (tertiary/aromatic N) is 1. The number of fused-ring (bicyclic) bond motifs is 1. The van der Waals surface area contributed by atoms with Crippen molar-refractivity contribution in [2.75, 3.05) is 30.3 Å². The summed E-state index contributed by atoms with van der Waals surface area (Å²) in [5.41, 5.74) is 0.554. The second kappa shape index (κ2) is 11.5. The van der Waals surface area contributed by atoms with E-state index in [2.05, 4.69) is 10.6 Å². The highest BCUT2D eigenvalue weighted by atomic mass is 32.2. The fraction of sp³-hybridized carbons (Fsp3) is 0.591. The number of aliphatic carboxylic acids is 2. The smallest absolute Gasteiger partial charge is 0.323 e. The lowest BCUT2D eigenvalue weighted by molar-refractivity contribution is -0.140. The van der Waals surface area contributed by atoms with Crippen LogP contribution < -0.4 is 15.5 Å². The van der Waals surface area contributed by atoms with Gasteiger partial charge in [0.1, 0.15) is 12.6 Å². The molecule has 2 heterocycles. The van der Waals surface area contributed by atoms with Gasteiger partial charge in [-0.05, 0) is 50.4 Å². The van der Waals surface area contributed by atoms with Crippen LogP contribution in [0.3, 0.4) is 0 Å². The molecule has 0 bridgehead atoms. The molecule has 1 aromatic rings. The Labute approximate surface area is 186 Å². The fourth-order valence-electron chi connectivity index (χ4n) is 4.24. The molecule has 2 aliphatic rings. The van der Waals surface area contributed by atoms with Crippen molar-refractivity contribution in [3.63, 3.8) is 0 Å². The molecule has 3 rings (SSSR count). The molecule has 31 heavy (non-hydrogen) atoms. The maximum absolute atomic E-state index is 13.1. The van der Waals surface area contributed by atoms with Crippen LogP contribution in [0.5, 0.6) is 0 Å². The first-order valence-corrected chi connectivity index (χ1v) is 11.9. The van der Waals surface area contributed by atoms with Gasteiger partial charge in [0.05, 0.1) is 11.7 Å². The number of benzene rings is 1. The number of carbonyl (C=O) groups is 3. The number of piperidine rings is 1. The molecule has 170 valence electrons. The molecule has 9 heteroatoms. The molecule has 1 aromatic carbocycles. The molecule has 0 saturated carbocycles. The fourth-order valence-corrected chi connectivity index (χ4v) is 5.33. The van der Waals surface area contributed by atoms with Crippen molar-refractivity contribution in [1.29, 1.82) is 0 Å². The van der Waals surface area contributed by atoms with Gasteiger partial charge in [0, 0.05) is 10.6 Å². The van der Waals surface area contributed by atoms with E-state index in [-0.39, 0.29) is 0 Å². The van der Waals surface area contributed by atoms with Crippen LogP contribution in [-0.4, -0.2) is 65.5 Å². The molecular formula is C22H31N3O5S. The van der Waals surface area contributed by atoms with Gasteiger partial charge < -0.3 is 15.5 Å². The average Bonchev–Trinajstić information content (AvgIpc) is 2.88. The summed E-state index contributed by atoms with van der Waals surface area (Å²) in [6, 6.07) is 5.57. The summed E-state index contributed by atoms with van der Waals surface area (Å²) in [7, 11) is 0. The van der Waals surface area contributed by atoms with E-state index in [4.69, 9.17) is 0 Å². The molecular weight excluding hydrogens is 418 g/mol. The van der Waals surface area contributed by atoms with E-state index < -0.39 is 36.5 Å². The summed E-state index contributed by atoms with van der Waals surface area (Å²) in [4.78, 5) is 38.4. The van der Waals surface area contributed by atoms with Gasteiger partial charge in [0.15, 0.2) is 0 Å². The molecule has 1 amide bonds.